The minimum atomic E-state index is 0.355. The van der Waals surface area contributed by atoms with E-state index >= 15 is 0 Å². The molecule has 0 radical (unpaired) electrons. The van der Waals surface area contributed by atoms with Crippen LogP contribution in [0.25, 0.3) is 0 Å². The molecule has 0 saturated heterocycles. The van der Waals surface area contributed by atoms with Gasteiger partial charge in [0.15, 0.2) is 0 Å². The van der Waals surface area contributed by atoms with Crippen molar-refractivity contribution in [3.05, 3.63) is 28.2 Å². The van der Waals surface area contributed by atoms with E-state index in [2.05, 4.69) is 61.1 Å². The molecule has 2 nitrogen and oxygen atoms in total. The fourth-order valence-corrected chi connectivity index (χ4v) is 2.23. The number of hydrogen-bond acceptors (Lipinski definition) is 2. The lowest BCUT2D eigenvalue weighted by Crippen LogP contribution is -2.26. The van der Waals surface area contributed by atoms with Crippen LogP contribution >= 0.6 is 15.9 Å². The number of halogens is 1. The van der Waals surface area contributed by atoms with E-state index in [-0.39, 0.29) is 0 Å². The largest absolute Gasteiger partial charge is 0.496 e. The summed E-state index contributed by atoms with van der Waals surface area (Å²) >= 11 is 3.53. The van der Waals surface area contributed by atoms with Gasteiger partial charge in [0.25, 0.3) is 0 Å². The van der Waals surface area contributed by atoms with E-state index < -0.39 is 0 Å². The Bertz CT molecular complexity index is 379. The Balaban J connectivity index is 2.61. The lowest BCUT2D eigenvalue weighted by atomic mass is 9.97. The second kappa shape index (κ2) is 7.15. The van der Waals surface area contributed by atoms with Gasteiger partial charge in [0.05, 0.1) is 11.6 Å². The molecule has 0 bridgehead atoms. The molecular formula is C15H24BrNO. The third kappa shape index (κ3) is 4.29. The van der Waals surface area contributed by atoms with Crippen molar-refractivity contribution in [3.63, 3.8) is 0 Å². The van der Waals surface area contributed by atoms with E-state index in [1.807, 2.05) is 6.07 Å². The van der Waals surface area contributed by atoms with Crippen molar-refractivity contribution in [2.45, 2.75) is 33.7 Å². The van der Waals surface area contributed by atoms with Gasteiger partial charge in [-0.1, -0.05) is 26.8 Å². The average Bonchev–Trinajstić information content (AvgIpc) is 2.35. The molecule has 2 unspecified atom stereocenters. The number of rotatable bonds is 6. The highest BCUT2D eigenvalue weighted by molar-refractivity contribution is 9.10. The van der Waals surface area contributed by atoms with Crippen molar-refractivity contribution in [1.29, 1.82) is 0 Å². The van der Waals surface area contributed by atoms with Gasteiger partial charge in [-0.3, -0.25) is 0 Å². The number of hydrogen-bond donors (Lipinski definition) is 1. The van der Waals surface area contributed by atoms with Crippen molar-refractivity contribution in [2.24, 2.45) is 11.8 Å². The van der Waals surface area contributed by atoms with Crippen molar-refractivity contribution < 1.29 is 4.74 Å². The molecule has 0 fully saturated rings. The van der Waals surface area contributed by atoms with Crippen LogP contribution in [0.5, 0.6) is 5.75 Å². The van der Waals surface area contributed by atoms with Gasteiger partial charge in [-0.05, 0) is 58.9 Å². The predicted molar refractivity (Wildman–Crippen MR) is 81.1 cm³/mol. The lowest BCUT2D eigenvalue weighted by Gasteiger charge is -2.21. The van der Waals surface area contributed by atoms with E-state index in [4.69, 9.17) is 4.74 Å². The fourth-order valence-electron chi connectivity index (χ4n) is 1.67. The summed E-state index contributed by atoms with van der Waals surface area (Å²) in [6, 6.07) is 6.59. The molecule has 1 aromatic carbocycles. The minimum absolute atomic E-state index is 0.355. The Morgan fingerprint density at radius 1 is 1.22 bits per heavy atom. The molecule has 102 valence electrons. The number of benzene rings is 1. The average molecular weight is 314 g/mol. The van der Waals surface area contributed by atoms with Gasteiger partial charge in [0.2, 0.25) is 0 Å². The van der Waals surface area contributed by atoms with Crippen LogP contribution in [-0.4, -0.2) is 13.7 Å². The summed E-state index contributed by atoms with van der Waals surface area (Å²) in [5.41, 5.74) is 1.28. The van der Waals surface area contributed by atoms with E-state index in [9.17, 15) is 0 Å². The zero-order chi connectivity index (χ0) is 13.7. The standard InChI is InChI=1S/C15H24BrNO/c1-10(2)11(3)9-17-12(4)13-6-7-15(18-5)14(16)8-13/h6-8,10-12,17H,9H2,1-5H3. The molecule has 0 aliphatic carbocycles. The summed E-state index contributed by atoms with van der Waals surface area (Å²) in [7, 11) is 1.69. The van der Waals surface area contributed by atoms with E-state index in [1.165, 1.54) is 5.56 Å². The fraction of sp³-hybridized carbons (Fsp3) is 0.600. The van der Waals surface area contributed by atoms with Crippen LogP contribution in [0, 0.1) is 11.8 Å². The van der Waals surface area contributed by atoms with Crippen LogP contribution in [0.15, 0.2) is 22.7 Å². The highest BCUT2D eigenvalue weighted by atomic mass is 79.9. The van der Waals surface area contributed by atoms with Crippen LogP contribution < -0.4 is 10.1 Å². The predicted octanol–water partition coefficient (Wildman–Crippen LogP) is 4.40. The van der Waals surface area contributed by atoms with Crippen molar-refractivity contribution in [1.82, 2.24) is 5.32 Å². The zero-order valence-corrected chi connectivity index (χ0v) is 13.5. The first-order valence-electron chi connectivity index (χ1n) is 6.52. The van der Waals surface area contributed by atoms with Crippen LogP contribution in [0.1, 0.15) is 39.3 Å². The smallest absolute Gasteiger partial charge is 0.133 e. The third-order valence-electron chi connectivity index (χ3n) is 3.56. The maximum absolute atomic E-state index is 5.24. The minimum Gasteiger partial charge on any atom is -0.496 e. The molecule has 18 heavy (non-hydrogen) atoms. The SMILES string of the molecule is COc1ccc(C(C)NCC(C)C(C)C)cc1Br. The normalized spacial score (nSPS) is 14.6. The van der Waals surface area contributed by atoms with Crippen LogP contribution in [0.4, 0.5) is 0 Å². The molecule has 2 atom stereocenters. The van der Waals surface area contributed by atoms with Gasteiger partial charge < -0.3 is 10.1 Å². The Morgan fingerprint density at radius 2 is 1.89 bits per heavy atom. The summed E-state index contributed by atoms with van der Waals surface area (Å²) in [5.74, 6) is 2.28. The van der Waals surface area contributed by atoms with Crippen molar-refractivity contribution in [2.75, 3.05) is 13.7 Å². The summed E-state index contributed by atoms with van der Waals surface area (Å²) in [6.07, 6.45) is 0. The maximum Gasteiger partial charge on any atom is 0.133 e. The van der Waals surface area contributed by atoms with Gasteiger partial charge in [0, 0.05) is 6.04 Å². The summed E-state index contributed by atoms with van der Waals surface area (Å²) in [4.78, 5) is 0. The van der Waals surface area contributed by atoms with Crippen LogP contribution in [0.3, 0.4) is 0 Å². The van der Waals surface area contributed by atoms with Gasteiger partial charge >= 0.3 is 0 Å². The Kier molecular flexibility index (Phi) is 6.16. The summed E-state index contributed by atoms with van der Waals surface area (Å²) < 4.78 is 6.25. The van der Waals surface area contributed by atoms with E-state index in [0.29, 0.717) is 17.9 Å². The molecule has 0 aliphatic rings. The van der Waals surface area contributed by atoms with E-state index in [1.54, 1.807) is 7.11 Å². The second-order valence-corrected chi connectivity index (χ2v) is 6.10. The highest BCUT2D eigenvalue weighted by Gasteiger charge is 2.11. The molecule has 1 aromatic rings. The molecule has 1 N–H and O–H groups in total. The Hall–Kier alpha value is -0.540. The number of ether oxygens (including phenoxy) is 1. The van der Waals surface area contributed by atoms with Gasteiger partial charge in [-0.25, -0.2) is 0 Å². The van der Waals surface area contributed by atoms with Crippen LogP contribution in [-0.2, 0) is 0 Å². The molecule has 3 heteroatoms. The summed E-state index contributed by atoms with van der Waals surface area (Å²) in [5, 5.41) is 3.58. The van der Waals surface area contributed by atoms with Crippen molar-refractivity contribution in [3.8, 4) is 5.75 Å². The summed E-state index contributed by atoms with van der Waals surface area (Å²) in [6.45, 7) is 10.1. The molecule has 0 amide bonds. The molecule has 0 aliphatic heterocycles. The van der Waals surface area contributed by atoms with Gasteiger partial charge in [0.1, 0.15) is 5.75 Å². The van der Waals surface area contributed by atoms with E-state index in [0.717, 1.165) is 16.8 Å². The monoisotopic (exact) mass is 313 g/mol. The third-order valence-corrected chi connectivity index (χ3v) is 4.18. The quantitative estimate of drug-likeness (QED) is 0.840. The Morgan fingerprint density at radius 3 is 2.39 bits per heavy atom. The molecule has 0 aromatic heterocycles. The second-order valence-electron chi connectivity index (χ2n) is 5.25. The van der Waals surface area contributed by atoms with Crippen molar-refractivity contribution >= 4 is 15.9 Å². The maximum atomic E-state index is 5.24. The molecule has 0 saturated carbocycles. The van der Waals surface area contributed by atoms with Gasteiger partial charge in [-0.2, -0.15) is 0 Å². The number of nitrogens with one attached hydrogen (secondary N) is 1. The highest BCUT2D eigenvalue weighted by Crippen LogP contribution is 2.28. The first-order chi connectivity index (χ1) is 8.45. The van der Waals surface area contributed by atoms with Gasteiger partial charge in [-0.15, -0.1) is 0 Å². The molecule has 1 rings (SSSR count). The Labute approximate surface area is 119 Å². The van der Waals surface area contributed by atoms with Crippen LogP contribution in [0.2, 0.25) is 0 Å². The molecular weight excluding hydrogens is 290 g/mol. The molecule has 0 heterocycles. The number of methoxy groups -OCH3 is 1. The lowest BCUT2D eigenvalue weighted by molar-refractivity contribution is 0.375. The topological polar surface area (TPSA) is 21.3 Å². The molecule has 0 spiro atoms. The zero-order valence-electron chi connectivity index (χ0n) is 12.0. The first-order valence-corrected chi connectivity index (χ1v) is 7.31. The first kappa shape index (κ1) is 15.5.